The molecule has 1 atom stereocenters. The highest BCUT2D eigenvalue weighted by atomic mass is 16.5. The summed E-state index contributed by atoms with van der Waals surface area (Å²) in [7, 11) is 1.65. The number of H-pyrrole nitrogens is 1. The van der Waals surface area contributed by atoms with Crippen LogP contribution in [0.3, 0.4) is 0 Å². The number of aromatic nitrogens is 5. The molecular weight excluding hydrogens is 464 g/mol. The largest absolute Gasteiger partial charge is 0.497 e. The fraction of sp³-hybridized carbons (Fsp3) is 0.241. The lowest BCUT2D eigenvalue weighted by Gasteiger charge is -2.30. The molecule has 5 rings (SSSR count). The van der Waals surface area contributed by atoms with Crippen LogP contribution in [0, 0.1) is 6.92 Å². The maximum atomic E-state index is 13.6. The monoisotopic (exact) mass is 494 g/mol. The summed E-state index contributed by atoms with van der Waals surface area (Å²) in [5, 5.41) is 13.8. The molecule has 2 aromatic heterocycles. The highest BCUT2D eigenvalue weighted by Crippen LogP contribution is 2.29. The third-order valence-corrected chi connectivity index (χ3v) is 6.71. The quantitative estimate of drug-likeness (QED) is 0.325. The van der Waals surface area contributed by atoms with Crippen molar-refractivity contribution in [1.82, 2.24) is 30.1 Å². The number of tetrazole rings is 1. The van der Waals surface area contributed by atoms with E-state index in [9.17, 15) is 4.79 Å². The summed E-state index contributed by atoms with van der Waals surface area (Å²) in [6, 6.07) is 25.6. The van der Waals surface area contributed by atoms with Crippen molar-refractivity contribution < 1.29 is 4.74 Å². The van der Waals surface area contributed by atoms with Gasteiger partial charge in [-0.25, -0.2) is 4.68 Å². The minimum absolute atomic E-state index is 0.141. The van der Waals surface area contributed by atoms with Gasteiger partial charge in [0.1, 0.15) is 11.8 Å². The molecule has 0 unspecified atom stereocenters. The van der Waals surface area contributed by atoms with E-state index in [1.165, 1.54) is 0 Å². The van der Waals surface area contributed by atoms with Crippen molar-refractivity contribution in [2.45, 2.75) is 33.0 Å². The number of aryl methyl sites for hydroxylation is 1. The number of benzene rings is 3. The zero-order valence-corrected chi connectivity index (χ0v) is 21.3. The Hall–Kier alpha value is -4.30. The Labute approximate surface area is 215 Å². The average molecular weight is 495 g/mol. The van der Waals surface area contributed by atoms with Gasteiger partial charge in [-0.05, 0) is 64.2 Å². The first-order valence-corrected chi connectivity index (χ1v) is 12.4. The van der Waals surface area contributed by atoms with Crippen LogP contribution in [-0.2, 0) is 13.1 Å². The molecule has 8 nitrogen and oxygen atoms in total. The number of hydrogen-bond acceptors (Lipinski definition) is 6. The van der Waals surface area contributed by atoms with Gasteiger partial charge in [0.2, 0.25) is 0 Å². The number of hydrogen-bond donors (Lipinski definition) is 1. The maximum absolute atomic E-state index is 13.6. The van der Waals surface area contributed by atoms with Crippen LogP contribution in [-0.4, -0.2) is 43.7 Å². The Morgan fingerprint density at radius 2 is 1.78 bits per heavy atom. The summed E-state index contributed by atoms with van der Waals surface area (Å²) >= 11 is 0. The van der Waals surface area contributed by atoms with Crippen LogP contribution in [0.15, 0.2) is 83.7 Å². The molecule has 0 radical (unpaired) electrons. The predicted molar refractivity (Wildman–Crippen MR) is 144 cm³/mol. The Balaban J connectivity index is 1.62. The van der Waals surface area contributed by atoms with Crippen LogP contribution in [0.1, 0.15) is 41.0 Å². The minimum atomic E-state index is -0.452. The topological polar surface area (TPSA) is 88.9 Å². The van der Waals surface area contributed by atoms with Gasteiger partial charge >= 0.3 is 0 Å². The number of para-hydroxylation sites is 1. The van der Waals surface area contributed by atoms with Gasteiger partial charge < -0.3 is 9.72 Å². The van der Waals surface area contributed by atoms with Crippen molar-refractivity contribution >= 4 is 10.9 Å². The number of methoxy groups -OCH3 is 1. The summed E-state index contributed by atoms with van der Waals surface area (Å²) in [5.41, 5.74) is 4.52. The van der Waals surface area contributed by atoms with E-state index in [1.807, 2.05) is 73.7 Å². The summed E-state index contributed by atoms with van der Waals surface area (Å²) in [5.74, 6) is 1.41. The van der Waals surface area contributed by atoms with E-state index in [1.54, 1.807) is 11.8 Å². The van der Waals surface area contributed by atoms with Gasteiger partial charge in [0.25, 0.3) is 5.56 Å². The standard InChI is InChI=1S/C29H30N6O2/c1-4-34(18-21-10-6-5-7-11-21)27(25-17-23-12-8-9-20(2)26(23)30-29(25)36)28-31-32-33-35(28)19-22-13-15-24(37-3)16-14-22/h5-17,27H,4,18-19H2,1-3H3,(H,30,36)/t27-/m1/s1. The van der Waals surface area contributed by atoms with Gasteiger partial charge in [-0.2, -0.15) is 0 Å². The highest BCUT2D eigenvalue weighted by molar-refractivity contribution is 5.82. The molecule has 0 fully saturated rings. The van der Waals surface area contributed by atoms with Crippen LogP contribution in [0.2, 0.25) is 0 Å². The number of nitrogens with zero attached hydrogens (tertiary/aromatic N) is 5. The first kappa shape index (κ1) is 24.4. The molecule has 0 saturated heterocycles. The summed E-state index contributed by atoms with van der Waals surface area (Å²) in [4.78, 5) is 18.9. The molecule has 0 bridgehead atoms. The molecule has 8 heteroatoms. The molecule has 3 aromatic carbocycles. The van der Waals surface area contributed by atoms with Crippen LogP contribution in [0.25, 0.3) is 10.9 Å². The van der Waals surface area contributed by atoms with Crippen molar-refractivity contribution in [2.24, 2.45) is 0 Å². The Morgan fingerprint density at radius 1 is 1.00 bits per heavy atom. The van der Waals surface area contributed by atoms with Crippen molar-refractivity contribution in [3.05, 3.63) is 117 Å². The lowest BCUT2D eigenvalue weighted by atomic mass is 10.0. The van der Waals surface area contributed by atoms with Crippen LogP contribution >= 0.6 is 0 Å². The second-order valence-corrected chi connectivity index (χ2v) is 9.09. The van der Waals surface area contributed by atoms with E-state index in [0.717, 1.165) is 33.3 Å². The summed E-state index contributed by atoms with van der Waals surface area (Å²) in [6.45, 7) is 5.89. The number of rotatable bonds is 9. The molecule has 0 aliphatic heterocycles. The first-order chi connectivity index (χ1) is 18.1. The average Bonchev–Trinajstić information content (AvgIpc) is 3.37. The Morgan fingerprint density at radius 3 is 2.51 bits per heavy atom. The van der Waals surface area contributed by atoms with Crippen molar-refractivity contribution in [3.63, 3.8) is 0 Å². The lowest BCUT2D eigenvalue weighted by molar-refractivity contribution is 0.214. The summed E-state index contributed by atoms with van der Waals surface area (Å²) in [6.07, 6.45) is 0. The number of aromatic amines is 1. The number of pyridine rings is 1. The lowest BCUT2D eigenvalue weighted by Crippen LogP contribution is -2.35. The molecular formula is C29H30N6O2. The molecule has 0 saturated carbocycles. The second-order valence-electron chi connectivity index (χ2n) is 9.09. The van der Waals surface area contributed by atoms with E-state index >= 15 is 0 Å². The highest BCUT2D eigenvalue weighted by Gasteiger charge is 2.30. The van der Waals surface area contributed by atoms with E-state index in [4.69, 9.17) is 4.74 Å². The van der Waals surface area contributed by atoms with Gasteiger partial charge in [-0.3, -0.25) is 9.69 Å². The number of fused-ring (bicyclic) bond motifs is 1. The van der Waals surface area contributed by atoms with Gasteiger partial charge in [0.15, 0.2) is 5.82 Å². The smallest absolute Gasteiger partial charge is 0.253 e. The van der Waals surface area contributed by atoms with Crippen LogP contribution in [0.5, 0.6) is 5.75 Å². The normalized spacial score (nSPS) is 12.2. The maximum Gasteiger partial charge on any atom is 0.253 e. The molecule has 2 heterocycles. The molecule has 37 heavy (non-hydrogen) atoms. The molecule has 0 spiro atoms. The number of nitrogens with one attached hydrogen (secondary N) is 1. The van der Waals surface area contributed by atoms with Gasteiger partial charge in [0, 0.05) is 12.1 Å². The fourth-order valence-corrected chi connectivity index (χ4v) is 4.73. The molecule has 1 N–H and O–H groups in total. The third-order valence-electron chi connectivity index (χ3n) is 6.71. The van der Waals surface area contributed by atoms with Crippen LogP contribution < -0.4 is 10.3 Å². The third kappa shape index (κ3) is 5.15. The van der Waals surface area contributed by atoms with E-state index < -0.39 is 6.04 Å². The van der Waals surface area contributed by atoms with Crippen molar-refractivity contribution in [1.29, 1.82) is 0 Å². The second kappa shape index (κ2) is 10.8. The molecule has 0 aliphatic rings. The first-order valence-electron chi connectivity index (χ1n) is 12.4. The molecule has 5 aromatic rings. The van der Waals surface area contributed by atoms with E-state index in [0.29, 0.717) is 31.0 Å². The number of ether oxygens (including phenoxy) is 1. The Kier molecular flexibility index (Phi) is 7.09. The zero-order valence-electron chi connectivity index (χ0n) is 21.3. The predicted octanol–water partition coefficient (Wildman–Crippen LogP) is 4.49. The minimum Gasteiger partial charge on any atom is -0.497 e. The SMILES string of the molecule is CCN(Cc1ccccc1)[C@H](c1cc2cccc(C)c2[nH]c1=O)c1nnnn1Cc1ccc(OC)cc1. The van der Waals surface area contributed by atoms with Crippen molar-refractivity contribution in [3.8, 4) is 5.75 Å². The van der Waals surface area contributed by atoms with Gasteiger partial charge in [-0.15, -0.1) is 5.10 Å². The summed E-state index contributed by atoms with van der Waals surface area (Å²) < 4.78 is 7.07. The van der Waals surface area contributed by atoms with E-state index in [2.05, 4.69) is 44.5 Å². The zero-order chi connectivity index (χ0) is 25.8. The van der Waals surface area contributed by atoms with E-state index in [-0.39, 0.29) is 5.56 Å². The Bertz CT molecular complexity index is 1540. The van der Waals surface area contributed by atoms with Gasteiger partial charge in [0.05, 0.1) is 19.2 Å². The van der Waals surface area contributed by atoms with Crippen LogP contribution in [0.4, 0.5) is 0 Å². The van der Waals surface area contributed by atoms with Gasteiger partial charge in [-0.1, -0.05) is 67.6 Å². The molecule has 0 aliphatic carbocycles. The molecule has 188 valence electrons. The molecule has 0 amide bonds. The van der Waals surface area contributed by atoms with Crippen molar-refractivity contribution in [2.75, 3.05) is 13.7 Å². The fourth-order valence-electron chi connectivity index (χ4n) is 4.73.